The summed E-state index contributed by atoms with van der Waals surface area (Å²) in [5.74, 6) is 1.08. The van der Waals surface area contributed by atoms with Gasteiger partial charge in [0.05, 0.1) is 7.11 Å². The van der Waals surface area contributed by atoms with Crippen LogP contribution in [0, 0.1) is 6.92 Å². The molecular formula is C12H17NO2. The number of aryl methyl sites for hydroxylation is 1. The maximum Gasteiger partial charge on any atom is 0.131 e. The molecule has 0 radical (unpaired) electrons. The standard InChI is InChI=1S/C12H17NO2/c1-9-8-11(4-5-12(9)15-3)13-7-6-10(2)14/h4-5,8,13H,6-7H2,1-3H3. The topological polar surface area (TPSA) is 38.3 Å². The molecule has 0 heterocycles. The van der Waals surface area contributed by atoms with Gasteiger partial charge in [-0.05, 0) is 37.6 Å². The predicted octanol–water partition coefficient (Wildman–Crippen LogP) is 2.39. The molecule has 0 bridgehead atoms. The van der Waals surface area contributed by atoms with E-state index in [1.165, 1.54) is 0 Å². The van der Waals surface area contributed by atoms with Gasteiger partial charge >= 0.3 is 0 Å². The van der Waals surface area contributed by atoms with Crippen LogP contribution in [0.15, 0.2) is 18.2 Å². The van der Waals surface area contributed by atoms with E-state index >= 15 is 0 Å². The molecule has 0 aliphatic rings. The Morgan fingerprint density at radius 1 is 1.47 bits per heavy atom. The minimum absolute atomic E-state index is 0.202. The summed E-state index contributed by atoms with van der Waals surface area (Å²) in [4.78, 5) is 10.7. The molecule has 0 saturated heterocycles. The lowest BCUT2D eigenvalue weighted by Crippen LogP contribution is -2.05. The zero-order chi connectivity index (χ0) is 11.3. The van der Waals surface area contributed by atoms with Crippen LogP contribution >= 0.6 is 0 Å². The minimum atomic E-state index is 0.202. The highest BCUT2D eigenvalue weighted by Gasteiger charge is 1.99. The lowest BCUT2D eigenvalue weighted by Gasteiger charge is -2.08. The Morgan fingerprint density at radius 2 is 2.20 bits per heavy atom. The molecule has 3 heteroatoms. The maximum absolute atomic E-state index is 10.7. The fourth-order valence-corrected chi connectivity index (χ4v) is 1.37. The number of carbonyl (C=O) groups is 1. The molecule has 0 aliphatic heterocycles. The van der Waals surface area contributed by atoms with Crippen LogP contribution in [0.3, 0.4) is 0 Å². The van der Waals surface area contributed by atoms with Crippen LogP contribution in [0.4, 0.5) is 5.69 Å². The largest absolute Gasteiger partial charge is 0.496 e. The maximum atomic E-state index is 10.7. The van der Waals surface area contributed by atoms with E-state index in [0.717, 1.165) is 17.0 Å². The van der Waals surface area contributed by atoms with Crippen molar-refractivity contribution in [2.24, 2.45) is 0 Å². The third kappa shape index (κ3) is 3.62. The fraction of sp³-hybridized carbons (Fsp3) is 0.417. The Kier molecular flexibility index (Phi) is 4.16. The van der Waals surface area contributed by atoms with Gasteiger partial charge in [-0.2, -0.15) is 0 Å². The van der Waals surface area contributed by atoms with Crippen LogP contribution in [0.2, 0.25) is 0 Å². The number of Topliss-reactive ketones (excluding diaryl/α,β-unsaturated/α-hetero) is 1. The predicted molar refractivity (Wildman–Crippen MR) is 61.5 cm³/mol. The van der Waals surface area contributed by atoms with Crippen LogP contribution < -0.4 is 10.1 Å². The number of carbonyl (C=O) groups excluding carboxylic acids is 1. The Balaban J connectivity index is 2.55. The third-order valence-electron chi connectivity index (χ3n) is 2.20. The van der Waals surface area contributed by atoms with E-state index in [9.17, 15) is 4.79 Å². The normalized spacial score (nSPS) is 9.80. The Bertz CT molecular complexity index is 347. The lowest BCUT2D eigenvalue weighted by atomic mass is 10.2. The summed E-state index contributed by atoms with van der Waals surface area (Å²) in [6, 6.07) is 5.89. The van der Waals surface area contributed by atoms with Gasteiger partial charge in [0, 0.05) is 18.7 Å². The Hall–Kier alpha value is -1.51. The molecule has 3 nitrogen and oxygen atoms in total. The molecule has 0 unspecified atom stereocenters. The van der Waals surface area contributed by atoms with Crippen molar-refractivity contribution in [1.29, 1.82) is 0 Å². The molecular weight excluding hydrogens is 190 g/mol. The number of rotatable bonds is 5. The van der Waals surface area contributed by atoms with Gasteiger partial charge in [-0.15, -0.1) is 0 Å². The molecule has 82 valence electrons. The highest BCUT2D eigenvalue weighted by molar-refractivity contribution is 5.76. The highest BCUT2D eigenvalue weighted by atomic mass is 16.5. The minimum Gasteiger partial charge on any atom is -0.496 e. The first-order valence-corrected chi connectivity index (χ1v) is 5.01. The van der Waals surface area contributed by atoms with E-state index in [1.807, 2.05) is 25.1 Å². The van der Waals surface area contributed by atoms with E-state index < -0.39 is 0 Å². The number of anilines is 1. The lowest BCUT2D eigenvalue weighted by molar-refractivity contribution is -0.116. The highest BCUT2D eigenvalue weighted by Crippen LogP contribution is 2.21. The average molecular weight is 207 g/mol. The van der Waals surface area contributed by atoms with Gasteiger partial charge in [-0.3, -0.25) is 4.79 Å². The molecule has 0 amide bonds. The van der Waals surface area contributed by atoms with Gasteiger partial charge in [0.25, 0.3) is 0 Å². The van der Waals surface area contributed by atoms with E-state index in [1.54, 1.807) is 14.0 Å². The first-order valence-electron chi connectivity index (χ1n) is 5.01. The molecule has 1 N–H and O–H groups in total. The van der Waals surface area contributed by atoms with Gasteiger partial charge in [0.2, 0.25) is 0 Å². The average Bonchev–Trinajstić information content (AvgIpc) is 2.17. The zero-order valence-electron chi connectivity index (χ0n) is 9.46. The van der Waals surface area contributed by atoms with Crippen LogP contribution in [-0.2, 0) is 4.79 Å². The molecule has 0 aliphatic carbocycles. The zero-order valence-corrected chi connectivity index (χ0v) is 9.46. The summed E-state index contributed by atoms with van der Waals surface area (Å²) >= 11 is 0. The Labute approximate surface area is 90.4 Å². The van der Waals surface area contributed by atoms with Crippen molar-refractivity contribution in [2.45, 2.75) is 20.3 Å². The second-order valence-electron chi connectivity index (χ2n) is 3.56. The summed E-state index contributed by atoms with van der Waals surface area (Å²) < 4.78 is 5.16. The second-order valence-corrected chi connectivity index (χ2v) is 3.56. The molecule has 15 heavy (non-hydrogen) atoms. The van der Waals surface area contributed by atoms with Crippen molar-refractivity contribution in [3.05, 3.63) is 23.8 Å². The van der Waals surface area contributed by atoms with Crippen molar-refractivity contribution in [3.8, 4) is 5.75 Å². The summed E-state index contributed by atoms with van der Waals surface area (Å²) in [7, 11) is 1.66. The number of methoxy groups -OCH3 is 1. The summed E-state index contributed by atoms with van der Waals surface area (Å²) in [6.45, 7) is 4.27. The van der Waals surface area contributed by atoms with Crippen LogP contribution in [0.5, 0.6) is 5.75 Å². The second kappa shape index (κ2) is 5.39. The number of benzene rings is 1. The number of hydrogen-bond acceptors (Lipinski definition) is 3. The third-order valence-corrected chi connectivity index (χ3v) is 2.20. The molecule has 1 rings (SSSR count). The molecule has 1 aromatic carbocycles. The summed E-state index contributed by atoms with van der Waals surface area (Å²) in [5.41, 5.74) is 2.11. The number of ketones is 1. The van der Waals surface area contributed by atoms with Crippen LogP contribution in [0.25, 0.3) is 0 Å². The van der Waals surface area contributed by atoms with Gasteiger partial charge in [0.15, 0.2) is 0 Å². The van der Waals surface area contributed by atoms with Crippen molar-refractivity contribution in [3.63, 3.8) is 0 Å². The molecule has 0 aromatic heterocycles. The van der Waals surface area contributed by atoms with Gasteiger partial charge in [-0.25, -0.2) is 0 Å². The van der Waals surface area contributed by atoms with E-state index in [4.69, 9.17) is 4.74 Å². The molecule has 0 fully saturated rings. The van der Waals surface area contributed by atoms with Gasteiger partial charge in [0.1, 0.15) is 11.5 Å². The van der Waals surface area contributed by atoms with Gasteiger partial charge in [-0.1, -0.05) is 0 Å². The van der Waals surface area contributed by atoms with Crippen molar-refractivity contribution in [1.82, 2.24) is 0 Å². The quantitative estimate of drug-likeness (QED) is 0.805. The summed E-state index contributed by atoms with van der Waals surface area (Å²) in [6.07, 6.45) is 0.561. The first kappa shape index (κ1) is 11.6. The molecule has 0 spiro atoms. The van der Waals surface area contributed by atoms with Crippen molar-refractivity contribution in [2.75, 3.05) is 19.0 Å². The number of ether oxygens (including phenoxy) is 1. The van der Waals surface area contributed by atoms with E-state index in [2.05, 4.69) is 5.32 Å². The van der Waals surface area contributed by atoms with Crippen LogP contribution in [0.1, 0.15) is 18.9 Å². The van der Waals surface area contributed by atoms with Gasteiger partial charge < -0.3 is 10.1 Å². The molecule has 1 aromatic rings. The SMILES string of the molecule is COc1ccc(NCCC(C)=O)cc1C. The molecule has 0 atom stereocenters. The summed E-state index contributed by atoms with van der Waals surface area (Å²) in [5, 5.41) is 3.19. The molecule has 0 saturated carbocycles. The van der Waals surface area contributed by atoms with Crippen molar-refractivity contribution >= 4 is 11.5 Å². The Morgan fingerprint density at radius 3 is 2.73 bits per heavy atom. The monoisotopic (exact) mass is 207 g/mol. The van der Waals surface area contributed by atoms with Crippen molar-refractivity contribution < 1.29 is 9.53 Å². The van der Waals surface area contributed by atoms with E-state index in [0.29, 0.717) is 13.0 Å². The first-order chi connectivity index (χ1) is 7.13. The smallest absolute Gasteiger partial charge is 0.131 e. The van der Waals surface area contributed by atoms with Crippen LogP contribution in [-0.4, -0.2) is 19.4 Å². The number of hydrogen-bond donors (Lipinski definition) is 1. The fourth-order valence-electron chi connectivity index (χ4n) is 1.37. The number of nitrogens with one attached hydrogen (secondary N) is 1. The van der Waals surface area contributed by atoms with E-state index in [-0.39, 0.29) is 5.78 Å².